The zero-order valence-electron chi connectivity index (χ0n) is 9.55. The number of halogens is 4. The standard InChI is InChI=1S/C13H9BrF3NO/c14-8-1-2-12(19)7(3-8)6-18-11-5-9(15)4-10(16)13(11)17/h1-5,18-19H,6H2. The van der Waals surface area contributed by atoms with E-state index >= 15 is 0 Å². The fraction of sp³-hybridized carbons (Fsp3) is 0.0769. The molecule has 6 heteroatoms. The second-order valence-corrected chi connectivity index (χ2v) is 4.79. The van der Waals surface area contributed by atoms with Crippen molar-refractivity contribution in [2.24, 2.45) is 0 Å². The third-order valence-corrected chi connectivity index (χ3v) is 3.00. The summed E-state index contributed by atoms with van der Waals surface area (Å²) in [6.07, 6.45) is 0. The molecule has 0 saturated heterocycles. The van der Waals surface area contributed by atoms with Crippen LogP contribution in [0.1, 0.15) is 5.56 Å². The predicted molar refractivity (Wildman–Crippen MR) is 69.4 cm³/mol. The molecule has 19 heavy (non-hydrogen) atoms. The zero-order chi connectivity index (χ0) is 14.0. The zero-order valence-corrected chi connectivity index (χ0v) is 11.1. The van der Waals surface area contributed by atoms with Gasteiger partial charge in [-0.3, -0.25) is 0 Å². The van der Waals surface area contributed by atoms with Crippen molar-refractivity contribution in [1.82, 2.24) is 0 Å². The fourth-order valence-corrected chi connectivity index (χ4v) is 1.98. The normalized spacial score (nSPS) is 10.5. The molecule has 2 aromatic carbocycles. The molecule has 0 fully saturated rings. The summed E-state index contributed by atoms with van der Waals surface area (Å²) >= 11 is 3.23. The van der Waals surface area contributed by atoms with E-state index in [1.165, 1.54) is 6.07 Å². The maximum atomic E-state index is 13.4. The quantitative estimate of drug-likeness (QED) is 0.827. The van der Waals surface area contributed by atoms with Crippen LogP contribution in [0.15, 0.2) is 34.8 Å². The first-order valence-electron chi connectivity index (χ1n) is 5.33. The van der Waals surface area contributed by atoms with E-state index in [1.54, 1.807) is 12.1 Å². The van der Waals surface area contributed by atoms with E-state index in [0.29, 0.717) is 11.6 Å². The fourth-order valence-electron chi connectivity index (χ4n) is 1.57. The molecule has 2 N–H and O–H groups in total. The van der Waals surface area contributed by atoms with Crippen molar-refractivity contribution >= 4 is 21.6 Å². The molecule has 0 unspecified atom stereocenters. The van der Waals surface area contributed by atoms with Crippen LogP contribution in [0, 0.1) is 17.5 Å². The van der Waals surface area contributed by atoms with Crippen LogP contribution in [0.5, 0.6) is 5.75 Å². The Bertz CT molecular complexity index is 619. The molecule has 0 heterocycles. The topological polar surface area (TPSA) is 32.3 Å². The Hall–Kier alpha value is -1.69. The molecule has 0 saturated carbocycles. The minimum Gasteiger partial charge on any atom is -0.508 e. The first-order valence-corrected chi connectivity index (χ1v) is 6.12. The third kappa shape index (κ3) is 3.20. The molecule has 2 rings (SSSR count). The van der Waals surface area contributed by atoms with E-state index in [0.717, 1.165) is 10.5 Å². The lowest BCUT2D eigenvalue weighted by atomic mass is 10.2. The van der Waals surface area contributed by atoms with Crippen LogP contribution in [-0.2, 0) is 6.54 Å². The van der Waals surface area contributed by atoms with Gasteiger partial charge in [-0.15, -0.1) is 0 Å². The summed E-state index contributed by atoms with van der Waals surface area (Å²) in [5, 5.41) is 12.1. The van der Waals surface area contributed by atoms with Gasteiger partial charge in [0, 0.05) is 28.7 Å². The van der Waals surface area contributed by atoms with Crippen molar-refractivity contribution < 1.29 is 18.3 Å². The Labute approximate surface area is 116 Å². The van der Waals surface area contributed by atoms with Crippen molar-refractivity contribution in [3.8, 4) is 5.75 Å². The van der Waals surface area contributed by atoms with Gasteiger partial charge in [-0.25, -0.2) is 13.2 Å². The van der Waals surface area contributed by atoms with Gasteiger partial charge in [0.15, 0.2) is 11.6 Å². The summed E-state index contributed by atoms with van der Waals surface area (Å²) in [6.45, 7) is 0.0328. The second-order valence-electron chi connectivity index (χ2n) is 3.88. The Morgan fingerprint density at radius 2 is 1.84 bits per heavy atom. The third-order valence-electron chi connectivity index (χ3n) is 2.50. The average molecular weight is 332 g/mol. The number of rotatable bonds is 3. The van der Waals surface area contributed by atoms with Crippen LogP contribution in [-0.4, -0.2) is 5.11 Å². The molecule has 0 aliphatic carbocycles. The molecule has 0 bridgehead atoms. The van der Waals surface area contributed by atoms with E-state index in [1.807, 2.05) is 0 Å². The monoisotopic (exact) mass is 331 g/mol. The molecule has 0 aliphatic heterocycles. The highest BCUT2D eigenvalue weighted by Crippen LogP contribution is 2.24. The summed E-state index contributed by atoms with van der Waals surface area (Å²) < 4.78 is 40.1. The van der Waals surface area contributed by atoms with Crippen LogP contribution in [0.25, 0.3) is 0 Å². The van der Waals surface area contributed by atoms with Crippen LogP contribution in [0.3, 0.4) is 0 Å². The Balaban J connectivity index is 2.21. The lowest BCUT2D eigenvalue weighted by molar-refractivity contribution is 0.468. The number of phenolic OH excluding ortho intramolecular Hbond substituents is 1. The number of phenols is 1. The molecule has 0 atom stereocenters. The predicted octanol–water partition coefficient (Wildman–Crippen LogP) is 4.18. The number of anilines is 1. The molecule has 100 valence electrons. The van der Waals surface area contributed by atoms with Crippen LogP contribution in [0.2, 0.25) is 0 Å². The van der Waals surface area contributed by atoms with Crippen molar-refractivity contribution in [2.45, 2.75) is 6.54 Å². The molecule has 0 aliphatic rings. The number of hydrogen-bond donors (Lipinski definition) is 2. The first kappa shape index (κ1) is 13.7. The van der Waals surface area contributed by atoms with E-state index in [9.17, 15) is 18.3 Å². The molecular formula is C13H9BrF3NO. The van der Waals surface area contributed by atoms with E-state index in [4.69, 9.17) is 0 Å². The Morgan fingerprint density at radius 1 is 1.11 bits per heavy atom. The summed E-state index contributed by atoms with van der Waals surface area (Å²) in [5.74, 6) is -3.29. The molecular weight excluding hydrogens is 323 g/mol. The second kappa shape index (κ2) is 5.52. The van der Waals surface area contributed by atoms with Gasteiger partial charge in [-0.05, 0) is 18.2 Å². The summed E-state index contributed by atoms with van der Waals surface area (Å²) in [6, 6.07) is 6.05. The van der Waals surface area contributed by atoms with Crippen LogP contribution >= 0.6 is 15.9 Å². The van der Waals surface area contributed by atoms with Crippen LogP contribution < -0.4 is 5.32 Å². The smallest absolute Gasteiger partial charge is 0.182 e. The van der Waals surface area contributed by atoms with Gasteiger partial charge < -0.3 is 10.4 Å². The lowest BCUT2D eigenvalue weighted by Gasteiger charge is -2.10. The Morgan fingerprint density at radius 3 is 2.58 bits per heavy atom. The van der Waals surface area contributed by atoms with E-state index in [-0.39, 0.29) is 18.0 Å². The van der Waals surface area contributed by atoms with Crippen LogP contribution in [0.4, 0.5) is 18.9 Å². The highest BCUT2D eigenvalue weighted by atomic mass is 79.9. The molecule has 0 spiro atoms. The van der Waals surface area contributed by atoms with Gasteiger partial charge in [0.25, 0.3) is 0 Å². The molecule has 2 aromatic rings. The van der Waals surface area contributed by atoms with Gasteiger partial charge >= 0.3 is 0 Å². The van der Waals surface area contributed by atoms with E-state index < -0.39 is 17.5 Å². The Kier molecular flexibility index (Phi) is 3.99. The number of nitrogens with one attached hydrogen (secondary N) is 1. The van der Waals surface area contributed by atoms with Crippen molar-refractivity contribution in [3.63, 3.8) is 0 Å². The van der Waals surface area contributed by atoms with Crippen molar-refractivity contribution in [3.05, 3.63) is 57.8 Å². The van der Waals surface area contributed by atoms with Gasteiger partial charge in [-0.2, -0.15) is 0 Å². The summed E-state index contributed by atoms with van der Waals surface area (Å²) in [4.78, 5) is 0. The van der Waals surface area contributed by atoms with Crippen molar-refractivity contribution in [2.75, 3.05) is 5.32 Å². The number of benzene rings is 2. The largest absolute Gasteiger partial charge is 0.508 e. The maximum Gasteiger partial charge on any atom is 0.182 e. The first-order chi connectivity index (χ1) is 8.97. The molecule has 0 amide bonds. The van der Waals surface area contributed by atoms with E-state index in [2.05, 4.69) is 21.2 Å². The number of aromatic hydroxyl groups is 1. The highest BCUT2D eigenvalue weighted by molar-refractivity contribution is 9.10. The summed E-state index contributed by atoms with van der Waals surface area (Å²) in [5.41, 5.74) is 0.176. The highest BCUT2D eigenvalue weighted by Gasteiger charge is 2.11. The molecule has 0 radical (unpaired) electrons. The maximum absolute atomic E-state index is 13.4. The summed E-state index contributed by atoms with van der Waals surface area (Å²) in [7, 11) is 0. The minimum atomic E-state index is -1.26. The number of hydrogen-bond acceptors (Lipinski definition) is 2. The molecule has 0 aromatic heterocycles. The lowest BCUT2D eigenvalue weighted by Crippen LogP contribution is -2.04. The average Bonchev–Trinajstić information content (AvgIpc) is 2.35. The minimum absolute atomic E-state index is 0.00739. The van der Waals surface area contributed by atoms with Gasteiger partial charge in [0.05, 0.1) is 5.69 Å². The molecule has 2 nitrogen and oxygen atoms in total. The van der Waals surface area contributed by atoms with Gasteiger partial charge in [0.2, 0.25) is 0 Å². The van der Waals surface area contributed by atoms with Gasteiger partial charge in [-0.1, -0.05) is 15.9 Å². The van der Waals surface area contributed by atoms with Crippen molar-refractivity contribution in [1.29, 1.82) is 0 Å². The van der Waals surface area contributed by atoms with Gasteiger partial charge in [0.1, 0.15) is 11.6 Å². The SMILES string of the molecule is Oc1ccc(Br)cc1CNc1cc(F)cc(F)c1F.